The Kier molecular flexibility index (Phi) is 10.4. The third-order valence-electron chi connectivity index (χ3n) is 7.27. The van der Waals surface area contributed by atoms with Crippen molar-refractivity contribution in [2.45, 2.75) is 38.1 Å². The highest BCUT2D eigenvalue weighted by atomic mass is 32.2. The van der Waals surface area contributed by atoms with Crippen LogP contribution >= 0.6 is 0 Å². The van der Waals surface area contributed by atoms with Crippen LogP contribution in [0.25, 0.3) is 6.08 Å². The molecule has 0 aliphatic carbocycles. The minimum atomic E-state index is -4.32. The van der Waals surface area contributed by atoms with Crippen LogP contribution in [0.5, 0.6) is 0 Å². The molecule has 0 spiro atoms. The summed E-state index contributed by atoms with van der Waals surface area (Å²) in [7, 11) is -4.32. The summed E-state index contributed by atoms with van der Waals surface area (Å²) in [6.45, 7) is 2.32. The highest BCUT2D eigenvalue weighted by Crippen LogP contribution is 2.33. The lowest BCUT2D eigenvalue weighted by molar-refractivity contribution is -0.125. The zero-order valence-electron chi connectivity index (χ0n) is 22.2. The molecule has 0 radical (unpaired) electrons. The third kappa shape index (κ3) is 9.13. The molecule has 0 atom stereocenters. The Labute approximate surface area is 231 Å². The molecule has 1 aliphatic heterocycles. The van der Waals surface area contributed by atoms with E-state index >= 15 is 0 Å². The van der Waals surface area contributed by atoms with Gasteiger partial charge in [-0.25, -0.2) is 0 Å². The number of likely N-dealkylation sites (tertiary alicyclic amines) is 1. The van der Waals surface area contributed by atoms with E-state index in [1.165, 1.54) is 22.1 Å². The molecule has 0 bridgehead atoms. The Balaban J connectivity index is 1.27. The fourth-order valence-corrected chi connectivity index (χ4v) is 5.95. The minimum absolute atomic E-state index is 0.244. The lowest BCUT2D eigenvalue weighted by Crippen LogP contribution is -2.37. The van der Waals surface area contributed by atoms with Gasteiger partial charge in [0.25, 0.3) is 10.1 Å². The molecular weight excluding hydrogens is 510 g/mol. The van der Waals surface area contributed by atoms with Crippen molar-refractivity contribution in [3.8, 4) is 0 Å². The summed E-state index contributed by atoms with van der Waals surface area (Å²) in [4.78, 5) is 20.4. The minimum Gasteiger partial charge on any atom is -0.322 e. The van der Waals surface area contributed by atoms with Crippen molar-refractivity contribution in [2.75, 3.05) is 25.5 Å². The molecule has 3 aromatic rings. The van der Waals surface area contributed by atoms with Gasteiger partial charge in [0.1, 0.15) is 5.88 Å². The Morgan fingerprint density at radius 2 is 1.62 bits per heavy atom. The normalized spacial score (nSPS) is 15.1. The van der Waals surface area contributed by atoms with Crippen molar-refractivity contribution in [2.24, 2.45) is 5.92 Å². The number of aromatic nitrogens is 1. The van der Waals surface area contributed by atoms with Crippen LogP contribution in [0.1, 0.15) is 54.8 Å². The van der Waals surface area contributed by atoms with Gasteiger partial charge in [0, 0.05) is 25.0 Å². The van der Waals surface area contributed by atoms with Crippen molar-refractivity contribution in [1.82, 2.24) is 14.8 Å². The first kappa shape index (κ1) is 28.7. The molecule has 206 valence electrons. The van der Waals surface area contributed by atoms with Gasteiger partial charge in [-0.15, -0.1) is 0 Å². The fourth-order valence-electron chi connectivity index (χ4n) is 5.30. The summed E-state index contributed by atoms with van der Waals surface area (Å²) in [6.07, 6.45) is 11.0. The summed E-state index contributed by atoms with van der Waals surface area (Å²) < 4.78 is 32.4. The standard InChI is InChI=1S/C31H37N3O4S/c35-30(17-16-27-11-9-20-32-24-27)34(25-39(36,37)38)21-8-7-10-26-18-22-33(23-19-26)31(28-12-3-1-4-13-28)29-14-5-2-6-15-29/h1-6,9,11-17,20,24,26,31H,7-8,10,18-19,21-23,25H2,(H,36,37,38). The number of nitrogens with zero attached hydrogens (tertiary/aromatic N) is 3. The second kappa shape index (κ2) is 14.2. The monoisotopic (exact) mass is 547 g/mol. The van der Waals surface area contributed by atoms with Crippen LogP contribution < -0.4 is 0 Å². The molecule has 1 amide bonds. The molecule has 2 aromatic carbocycles. The number of amides is 1. The number of hydrogen-bond donors (Lipinski definition) is 1. The molecule has 1 N–H and O–H groups in total. The van der Waals surface area contributed by atoms with E-state index in [0.29, 0.717) is 12.3 Å². The molecule has 2 heterocycles. The molecule has 39 heavy (non-hydrogen) atoms. The molecule has 0 unspecified atom stereocenters. The van der Waals surface area contributed by atoms with Gasteiger partial charge in [-0.05, 0) is 67.1 Å². The maximum atomic E-state index is 12.7. The van der Waals surface area contributed by atoms with Gasteiger partial charge in [0.15, 0.2) is 0 Å². The average Bonchev–Trinajstić information content (AvgIpc) is 2.95. The SMILES string of the molecule is O=C(C=Cc1cccnc1)N(CCCCC1CCN(C(c2ccccc2)c2ccccc2)CC1)CS(=O)(=O)O. The number of piperidine rings is 1. The third-order valence-corrected chi connectivity index (χ3v) is 7.91. The lowest BCUT2D eigenvalue weighted by Gasteiger charge is -2.38. The number of rotatable bonds is 12. The van der Waals surface area contributed by atoms with Crippen molar-refractivity contribution in [3.05, 3.63) is 108 Å². The quantitative estimate of drug-likeness (QED) is 0.184. The maximum Gasteiger partial charge on any atom is 0.283 e. The first-order valence-electron chi connectivity index (χ1n) is 13.5. The van der Waals surface area contributed by atoms with E-state index in [1.54, 1.807) is 30.6 Å². The van der Waals surface area contributed by atoms with Gasteiger partial charge in [-0.2, -0.15) is 8.42 Å². The van der Waals surface area contributed by atoms with Gasteiger partial charge < -0.3 is 4.90 Å². The first-order valence-corrected chi connectivity index (χ1v) is 15.2. The highest BCUT2D eigenvalue weighted by molar-refractivity contribution is 7.85. The number of benzene rings is 2. The van der Waals surface area contributed by atoms with Crippen LogP contribution in [-0.4, -0.2) is 59.2 Å². The average molecular weight is 548 g/mol. The van der Waals surface area contributed by atoms with E-state index in [9.17, 15) is 17.8 Å². The van der Waals surface area contributed by atoms with E-state index in [2.05, 4.69) is 70.5 Å². The Bertz CT molecular complexity index is 1250. The molecule has 0 saturated carbocycles. The molecule has 1 aliphatic rings. The molecule has 1 aromatic heterocycles. The Morgan fingerprint density at radius 3 is 2.18 bits per heavy atom. The van der Waals surface area contributed by atoms with Crippen LogP contribution in [0.2, 0.25) is 0 Å². The first-order chi connectivity index (χ1) is 18.9. The number of carbonyl (C=O) groups excluding carboxylic acids is 1. The van der Waals surface area contributed by atoms with Crippen molar-refractivity contribution < 1.29 is 17.8 Å². The largest absolute Gasteiger partial charge is 0.322 e. The lowest BCUT2D eigenvalue weighted by atomic mass is 9.88. The zero-order valence-corrected chi connectivity index (χ0v) is 23.0. The van der Waals surface area contributed by atoms with Crippen LogP contribution in [0.3, 0.4) is 0 Å². The predicted molar refractivity (Wildman–Crippen MR) is 154 cm³/mol. The molecule has 8 heteroatoms. The summed E-state index contributed by atoms with van der Waals surface area (Å²) in [5, 5.41) is 0. The summed E-state index contributed by atoms with van der Waals surface area (Å²) >= 11 is 0. The summed E-state index contributed by atoms with van der Waals surface area (Å²) in [5.41, 5.74) is 3.36. The van der Waals surface area contributed by atoms with Gasteiger partial charge in [0.2, 0.25) is 5.91 Å². The van der Waals surface area contributed by atoms with E-state index < -0.39 is 21.9 Å². The van der Waals surface area contributed by atoms with Gasteiger partial charge in [0.05, 0.1) is 6.04 Å². The summed E-state index contributed by atoms with van der Waals surface area (Å²) in [5.74, 6) is -0.551. The number of pyridine rings is 1. The molecule has 7 nitrogen and oxygen atoms in total. The highest BCUT2D eigenvalue weighted by Gasteiger charge is 2.27. The number of unbranched alkanes of at least 4 members (excludes halogenated alkanes) is 1. The molecule has 1 saturated heterocycles. The van der Waals surface area contributed by atoms with E-state index in [0.717, 1.165) is 44.3 Å². The van der Waals surface area contributed by atoms with Gasteiger partial charge in [-0.3, -0.25) is 19.2 Å². The number of carbonyl (C=O) groups is 1. The van der Waals surface area contributed by atoms with E-state index in [-0.39, 0.29) is 12.6 Å². The van der Waals surface area contributed by atoms with E-state index in [1.807, 2.05) is 0 Å². The molecule has 1 fully saturated rings. The van der Waals surface area contributed by atoms with Crippen molar-refractivity contribution in [1.29, 1.82) is 0 Å². The smallest absolute Gasteiger partial charge is 0.283 e. The zero-order chi connectivity index (χ0) is 27.5. The topological polar surface area (TPSA) is 90.8 Å². The predicted octanol–water partition coefficient (Wildman–Crippen LogP) is 5.44. The second-order valence-electron chi connectivity index (χ2n) is 10.1. The van der Waals surface area contributed by atoms with Gasteiger partial charge >= 0.3 is 0 Å². The number of hydrogen-bond acceptors (Lipinski definition) is 5. The van der Waals surface area contributed by atoms with E-state index in [4.69, 9.17) is 0 Å². The fraction of sp³-hybridized carbons (Fsp3) is 0.355. The van der Waals surface area contributed by atoms with Crippen LogP contribution in [0.4, 0.5) is 0 Å². The maximum absolute atomic E-state index is 12.7. The van der Waals surface area contributed by atoms with Crippen LogP contribution in [0, 0.1) is 5.92 Å². The Hall–Kier alpha value is -3.33. The summed E-state index contributed by atoms with van der Waals surface area (Å²) in [6, 6.07) is 25.1. The van der Waals surface area contributed by atoms with Gasteiger partial charge in [-0.1, -0.05) is 79.6 Å². The van der Waals surface area contributed by atoms with Crippen LogP contribution in [0.15, 0.2) is 91.3 Å². The molecule has 4 rings (SSSR count). The second-order valence-corrected chi connectivity index (χ2v) is 11.6. The van der Waals surface area contributed by atoms with Crippen molar-refractivity contribution >= 4 is 22.1 Å². The van der Waals surface area contributed by atoms with Crippen molar-refractivity contribution in [3.63, 3.8) is 0 Å². The Morgan fingerprint density at radius 1 is 0.974 bits per heavy atom. The van der Waals surface area contributed by atoms with Crippen LogP contribution in [-0.2, 0) is 14.9 Å². The molecular formula is C31H37N3O4S.